The molecule has 122 valence electrons. The van der Waals surface area contributed by atoms with Crippen LogP contribution in [-0.2, 0) is 0 Å². The standard InChI is InChI=1S/C19H20N4O/c1-20-12-13-21-19(24)15-9-6-14(7-10-15)8-11-18-16-4-2-3-5-17(16)22-23-18/h2-11,20H,12-13H2,1H3,(H,21,24)(H,22,23). The highest BCUT2D eigenvalue weighted by atomic mass is 16.1. The maximum absolute atomic E-state index is 12.0. The Kier molecular flexibility index (Phi) is 5.03. The predicted octanol–water partition coefficient (Wildman–Crippen LogP) is 2.68. The zero-order valence-corrected chi connectivity index (χ0v) is 13.5. The normalized spacial score (nSPS) is 11.2. The molecule has 0 saturated heterocycles. The van der Waals surface area contributed by atoms with Gasteiger partial charge in [-0.1, -0.05) is 36.4 Å². The lowest BCUT2D eigenvalue weighted by atomic mass is 10.1. The van der Waals surface area contributed by atoms with E-state index in [9.17, 15) is 4.79 Å². The van der Waals surface area contributed by atoms with Crippen molar-refractivity contribution >= 4 is 29.0 Å². The number of aromatic amines is 1. The van der Waals surface area contributed by atoms with Crippen LogP contribution in [0.1, 0.15) is 21.6 Å². The first-order chi connectivity index (χ1) is 11.8. The van der Waals surface area contributed by atoms with Gasteiger partial charge in [0, 0.05) is 24.0 Å². The first-order valence-corrected chi connectivity index (χ1v) is 7.92. The topological polar surface area (TPSA) is 69.8 Å². The lowest BCUT2D eigenvalue weighted by molar-refractivity contribution is 0.0954. The molecule has 3 N–H and O–H groups in total. The number of aromatic nitrogens is 2. The molecule has 2 aromatic carbocycles. The number of nitrogens with zero attached hydrogens (tertiary/aromatic N) is 1. The molecule has 3 rings (SSSR count). The molecule has 0 saturated carbocycles. The Bertz CT molecular complexity index is 849. The molecule has 3 aromatic rings. The van der Waals surface area contributed by atoms with Gasteiger partial charge in [0.1, 0.15) is 0 Å². The summed E-state index contributed by atoms with van der Waals surface area (Å²) in [6, 6.07) is 15.5. The van der Waals surface area contributed by atoms with Crippen molar-refractivity contribution in [2.24, 2.45) is 0 Å². The minimum Gasteiger partial charge on any atom is -0.351 e. The summed E-state index contributed by atoms with van der Waals surface area (Å²) in [6.07, 6.45) is 3.96. The Balaban J connectivity index is 1.68. The van der Waals surface area contributed by atoms with Crippen molar-refractivity contribution in [1.82, 2.24) is 20.8 Å². The number of amides is 1. The number of hydrogen-bond donors (Lipinski definition) is 3. The smallest absolute Gasteiger partial charge is 0.251 e. The first-order valence-electron chi connectivity index (χ1n) is 7.92. The van der Waals surface area contributed by atoms with Crippen LogP contribution in [0.2, 0.25) is 0 Å². The minimum absolute atomic E-state index is 0.0564. The van der Waals surface area contributed by atoms with Crippen molar-refractivity contribution in [3.8, 4) is 0 Å². The Morgan fingerprint density at radius 2 is 1.88 bits per heavy atom. The maximum atomic E-state index is 12.0. The zero-order valence-electron chi connectivity index (χ0n) is 13.5. The Morgan fingerprint density at radius 1 is 1.08 bits per heavy atom. The second kappa shape index (κ2) is 7.57. The summed E-state index contributed by atoms with van der Waals surface area (Å²) in [5.74, 6) is -0.0564. The van der Waals surface area contributed by atoms with Gasteiger partial charge in [-0.15, -0.1) is 0 Å². The molecule has 1 heterocycles. The van der Waals surface area contributed by atoms with Crippen molar-refractivity contribution in [3.63, 3.8) is 0 Å². The van der Waals surface area contributed by atoms with Gasteiger partial charge >= 0.3 is 0 Å². The summed E-state index contributed by atoms with van der Waals surface area (Å²) < 4.78 is 0. The fourth-order valence-electron chi connectivity index (χ4n) is 2.44. The molecule has 0 aliphatic rings. The van der Waals surface area contributed by atoms with Crippen LogP contribution in [0.25, 0.3) is 23.1 Å². The van der Waals surface area contributed by atoms with Crippen LogP contribution in [0.5, 0.6) is 0 Å². The largest absolute Gasteiger partial charge is 0.351 e. The summed E-state index contributed by atoms with van der Waals surface area (Å²) in [6.45, 7) is 1.37. The van der Waals surface area contributed by atoms with Crippen molar-refractivity contribution < 1.29 is 4.79 Å². The summed E-state index contributed by atoms with van der Waals surface area (Å²) >= 11 is 0. The van der Waals surface area contributed by atoms with Gasteiger partial charge in [-0.3, -0.25) is 9.89 Å². The fraction of sp³-hybridized carbons (Fsp3) is 0.158. The Morgan fingerprint density at radius 3 is 2.67 bits per heavy atom. The van der Waals surface area contributed by atoms with Gasteiger partial charge in [0.15, 0.2) is 0 Å². The molecule has 24 heavy (non-hydrogen) atoms. The SMILES string of the molecule is CNCCNC(=O)c1ccc(C=Cc2n[nH]c3ccccc23)cc1. The molecule has 5 heteroatoms. The van der Waals surface area contributed by atoms with Gasteiger partial charge < -0.3 is 10.6 Å². The monoisotopic (exact) mass is 320 g/mol. The van der Waals surface area contributed by atoms with E-state index in [0.717, 1.165) is 28.7 Å². The first kappa shape index (κ1) is 16.0. The number of rotatable bonds is 6. The molecule has 0 spiro atoms. The number of fused-ring (bicyclic) bond motifs is 1. The van der Waals surface area contributed by atoms with E-state index in [1.165, 1.54) is 0 Å². The van der Waals surface area contributed by atoms with Gasteiger partial charge in [0.05, 0.1) is 11.2 Å². The second-order valence-electron chi connectivity index (χ2n) is 5.47. The maximum Gasteiger partial charge on any atom is 0.251 e. The predicted molar refractivity (Wildman–Crippen MR) is 97.7 cm³/mol. The molecular weight excluding hydrogens is 300 g/mol. The molecule has 1 amide bonds. The van der Waals surface area contributed by atoms with Crippen LogP contribution in [-0.4, -0.2) is 36.2 Å². The Hall–Kier alpha value is -2.92. The molecule has 0 aliphatic carbocycles. The van der Waals surface area contributed by atoms with E-state index in [2.05, 4.69) is 20.8 Å². The lowest BCUT2D eigenvalue weighted by Crippen LogP contribution is -2.30. The lowest BCUT2D eigenvalue weighted by Gasteiger charge is -2.04. The third-order valence-electron chi connectivity index (χ3n) is 3.77. The number of carbonyl (C=O) groups is 1. The number of hydrogen-bond acceptors (Lipinski definition) is 3. The van der Waals surface area contributed by atoms with Crippen molar-refractivity contribution in [2.75, 3.05) is 20.1 Å². The van der Waals surface area contributed by atoms with Gasteiger partial charge in [0.2, 0.25) is 0 Å². The highest BCUT2D eigenvalue weighted by Crippen LogP contribution is 2.17. The summed E-state index contributed by atoms with van der Waals surface area (Å²) in [7, 11) is 1.86. The summed E-state index contributed by atoms with van der Waals surface area (Å²) in [5.41, 5.74) is 3.60. The highest BCUT2D eigenvalue weighted by Gasteiger charge is 2.04. The van der Waals surface area contributed by atoms with Gasteiger partial charge in [0.25, 0.3) is 5.91 Å². The minimum atomic E-state index is -0.0564. The molecule has 0 aliphatic heterocycles. The van der Waals surface area contributed by atoms with Crippen molar-refractivity contribution in [3.05, 3.63) is 65.4 Å². The quantitative estimate of drug-likeness (QED) is 0.612. The third-order valence-corrected chi connectivity index (χ3v) is 3.77. The van der Waals surface area contributed by atoms with E-state index >= 15 is 0 Å². The van der Waals surface area contributed by atoms with Crippen LogP contribution in [0.4, 0.5) is 0 Å². The summed E-state index contributed by atoms with van der Waals surface area (Å²) in [4.78, 5) is 12.0. The van der Waals surface area contributed by atoms with E-state index in [4.69, 9.17) is 0 Å². The number of likely N-dealkylation sites (N-methyl/N-ethyl adjacent to an activating group) is 1. The number of nitrogens with one attached hydrogen (secondary N) is 3. The van der Waals surface area contributed by atoms with Crippen LogP contribution in [0.3, 0.4) is 0 Å². The van der Waals surface area contributed by atoms with E-state index in [0.29, 0.717) is 12.1 Å². The average molecular weight is 320 g/mol. The van der Waals surface area contributed by atoms with Crippen molar-refractivity contribution in [1.29, 1.82) is 0 Å². The second-order valence-corrected chi connectivity index (χ2v) is 5.47. The zero-order chi connectivity index (χ0) is 16.8. The van der Waals surface area contributed by atoms with Crippen LogP contribution >= 0.6 is 0 Å². The number of H-pyrrole nitrogens is 1. The summed E-state index contributed by atoms with van der Waals surface area (Å²) in [5, 5.41) is 14.3. The molecule has 1 aromatic heterocycles. The van der Waals surface area contributed by atoms with Crippen LogP contribution in [0, 0.1) is 0 Å². The number of para-hydroxylation sites is 1. The van der Waals surface area contributed by atoms with Gasteiger partial charge in [-0.25, -0.2) is 0 Å². The number of carbonyl (C=O) groups excluding carboxylic acids is 1. The van der Waals surface area contributed by atoms with E-state index in [1.807, 2.05) is 67.7 Å². The molecule has 0 radical (unpaired) electrons. The molecule has 0 unspecified atom stereocenters. The average Bonchev–Trinajstić information content (AvgIpc) is 3.04. The van der Waals surface area contributed by atoms with Crippen molar-refractivity contribution in [2.45, 2.75) is 0 Å². The highest BCUT2D eigenvalue weighted by molar-refractivity contribution is 5.94. The van der Waals surface area contributed by atoms with Crippen LogP contribution < -0.4 is 10.6 Å². The Labute approximate surface area is 140 Å². The van der Waals surface area contributed by atoms with Gasteiger partial charge in [-0.05, 0) is 36.9 Å². The molecule has 5 nitrogen and oxygen atoms in total. The molecule has 0 atom stereocenters. The van der Waals surface area contributed by atoms with E-state index in [-0.39, 0.29) is 5.91 Å². The number of benzene rings is 2. The van der Waals surface area contributed by atoms with Gasteiger partial charge in [-0.2, -0.15) is 5.10 Å². The fourth-order valence-corrected chi connectivity index (χ4v) is 2.44. The molecule has 0 bridgehead atoms. The van der Waals surface area contributed by atoms with Crippen LogP contribution in [0.15, 0.2) is 48.5 Å². The third kappa shape index (κ3) is 3.70. The van der Waals surface area contributed by atoms with E-state index in [1.54, 1.807) is 0 Å². The molecular formula is C19H20N4O. The van der Waals surface area contributed by atoms with E-state index < -0.39 is 0 Å². The molecule has 0 fully saturated rings.